The number of carbonyl (C=O) groups is 1. The number of aromatic nitrogens is 2. The van der Waals surface area contributed by atoms with E-state index >= 15 is 0 Å². The van der Waals surface area contributed by atoms with Gasteiger partial charge in [-0.3, -0.25) is 4.79 Å². The standard InChI is InChI=1S/C20H29N5O3S2/c1-13(2)18(26)21-19-22-23-20(29-19)30(27,28)24-15(4)16-5-7-17(8-6-16)25-11-9-14(3)10-12-25/h5-8,13-15,24H,9-12H2,1-4H3,(H,21,22,26). The molecule has 0 radical (unpaired) electrons. The molecule has 1 aromatic carbocycles. The van der Waals surface area contributed by atoms with Gasteiger partial charge in [0.25, 0.3) is 10.0 Å². The van der Waals surface area contributed by atoms with Gasteiger partial charge in [-0.15, -0.1) is 10.2 Å². The first-order chi connectivity index (χ1) is 14.2. The summed E-state index contributed by atoms with van der Waals surface area (Å²) in [7, 11) is -3.85. The van der Waals surface area contributed by atoms with Gasteiger partial charge in [-0.2, -0.15) is 0 Å². The van der Waals surface area contributed by atoms with Crippen LogP contribution < -0.4 is 14.9 Å². The van der Waals surface area contributed by atoms with Crippen LogP contribution in [0.3, 0.4) is 0 Å². The molecule has 2 aromatic rings. The zero-order chi connectivity index (χ0) is 21.9. The van der Waals surface area contributed by atoms with Gasteiger partial charge in [-0.25, -0.2) is 13.1 Å². The molecule has 164 valence electrons. The Bertz CT molecular complexity index is 965. The van der Waals surface area contributed by atoms with Gasteiger partial charge in [0.1, 0.15) is 0 Å². The smallest absolute Gasteiger partial charge is 0.270 e. The molecule has 2 N–H and O–H groups in total. The van der Waals surface area contributed by atoms with Crippen LogP contribution in [0.25, 0.3) is 0 Å². The molecule has 0 bridgehead atoms. The van der Waals surface area contributed by atoms with Crippen molar-refractivity contribution in [1.29, 1.82) is 0 Å². The van der Waals surface area contributed by atoms with E-state index in [1.165, 1.54) is 12.8 Å². The van der Waals surface area contributed by atoms with Gasteiger partial charge in [0.2, 0.25) is 15.4 Å². The molecule has 2 heterocycles. The Morgan fingerprint density at radius 2 is 1.77 bits per heavy atom. The lowest BCUT2D eigenvalue weighted by molar-refractivity contribution is -0.118. The van der Waals surface area contributed by atoms with Gasteiger partial charge >= 0.3 is 0 Å². The quantitative estimate of drug-likeness (QED) is 0.625. The van der Waals surface area contributed by atoms with E-state index in [0.29, 0.717) is 0 Å². The lowest BCUT2D eigenvalue weighted by Gasteiger charge is -2.32. The Morgan fingerprint density at radius 1 is 1.13 bits per heavy atom. The minimum atomic E-state index is -3.85. The van der Waals surface area contributed by atoms with Crippen molar-refractivity contribution in [3.05, 3.63) is 29.8 Å². The second-order valence-electron chi connectivity index (χ2n) is 8.12. The molecule has 30 heavy (non-hydrogen) atoms. The molecule has 0 aliphatic carbocycles. The number of benzene rings is 1. The summed E-state index contributed by atoms with van der Waals surface area (Å²) in [5.41, 5.74) is 2.03. The summed E-state index contributed by atoms with van der Waals surface area (Å²) in [4.78, 5) is 14.1. The third kappa shape index (κ3) is 5.55. The third-order valence-corrected chi connectivity index (χ3v) is 8.01. The van der Waals surface area contributed by atoms with Crippen LogP contribution in [-0.4, -0.2) is 37.6 Å². The summed E-state index contributed by atoms with van der Waals surface area (Å²) in [5.74, 6) is 0.303. The number of hydrogen-bond donors (Lipinski definition) is 2. The van der Waals surface area contributed by atoms with Crippen molar-refractivity contribution in [3.8, 4) is 0 Å². The molecular weight excluding hydrogens is 422 g/mol. The van der Waals surface area contributed by atoms with E-state index in [1.54, 1.807) is 20.8 Å². The van der Waals surface area contributed by atoms with Gasteiger partial charge in [-0.05, 0) is 43.4 Å². The Kier molecular flexibility index (Phi) is 7.10. The van der Waals surface area contributed by atoms with E-state index in [4.69, 9.17) is 0 Å². The van der Waals surface area contributed by atoms with Crippen molar-refractivity contribution in [2.75, 3.05) is 23.3 Å². The summed E-state index contributed by atoms with van der Waals surface area (Å²) in [6.07, 6.45) is 2.39. The van der Waals surface area contributed by atoms with Crippen molar-refractivity contribution in [2.24, 2.45) is 11.8 Å². The molecule has 8 nitrogen and oxygen atoms in total. The monoisotopic (exact) mass is 451 g/mol. The first kappa shape index (κ1) is 22.6. The summed E-state index contributed by atoms with van der Waals surface area (Å²) in [6.45, 7) is 9.67. The third-order valence-electron chi connectivity index (χ3n) is 5.26. The maximum Gasteiger partial charge on any atom is 0.270 e. The fourth-order valence-electron chi connectivity index (χ4n) is 3.21. The van der Waals surface area contributed by atoms with Crippen LogP contribution in [-0.2, 0) is 14.8 Å². The number of carbonyl (C=O) groups excluding carboxylic acids is 1. The SMILES string of the molecule is CC1CCN(c2ccc(C(C)NS(=O)(=O)c3nnc(NC(=O)C(C)C)s3)cc2)CC1. The van der Waals surface area contributed by atoms with Crippen LogP contribution >= 0.6 is 11.3 Å². The van der Waals surface area contributed by atoms with Crippen molar-refractivity contribution >= 4 is 38.1 Å². The number of rotatable bonds is 7. The molecule has 1 aromatic heterocycles. The van der Waals surface area contributed by atoms with Crippen LogP contribution in [0, 0.1) is 11.8 Å². The minimum Gasteiger partial charge on any atom is -0.372 e. The lowest BCUT2D eigenvalue weighted by Crippen LogP contribution is -2.32. The molecule has 1 unspecified atom stereocenters. The molecule has 1 aliphatic heterocycles. The number of sulfonamides is 1. The Hall–Kier alpha value is -2.04. The maximum absolute atomic E-state index is 12.7. The van der Waals surface area contributed by atoms with E-state index in [-0.39, 0.29) is 21.3 Å². The van der Waals surface area contributed by atoms with E-state index in [1.807, 2.05) is 24.3 Å². The Balaban J connectivity index is 1.64. The summed E-state index contributed by atoms with van der Waals surface area (Å²) in [6, 6.07) is 7.56. The molecule has 1 saturated heterocycles. The first-order valence-electron chi connectivity index (χ1n) is 10.2. The number of nitrogens with zero attached hydrogens (tertiary/aromatic N) is 3. The fourth-order valence-corrected chi connectivity index (χ4v) is 5.36. The predicted octanol–water partition coefficient (Wildman–Crippen LogP) is 3.41. The summed E-state index contributed by atoms with van der Waals surface area (Å²) in [5, 5.41) is 10.2. The molecule has 3 rings (SSSR count). The zero-order valence-electron chi connectivity index (χ0n) is 17.8. The van der Waals surface area contributed by atoms with Gasteiger partial charge in [0.15, 0.2) is 0 Å². The molecule has 0 spiro atoms. The van der Waals surface area contributed by atoms with E-state index in [0.717, 1.165) is 41.6 Å². The largest absolute Gasteiger partial charge is 0.372 e. The van der Waals surface area contributed by atoms with E-state index < -0.39 is 16.1 Å². The van der Waals surface area contributed by atoms with Crippen LogP contribution in [0.4, 0.5) is 10.8 Å². The highest BCUT2D eigenvalue weighted by molar-refractivity contribution is 7.91. The highest BCUT2D eigenvalue weighted by atomic mass is 32.2. The van der Waals surface area contributed by atoms with Gasteiger partial charge in [0.05, 0.1) is 0 Å². The summed E-state index contributed by atoms with van der Waals surface area (Å²) >= 11 is 0.833. The summed E-state index contributed by atoms with van der Waals surface area (Å²) < 4.78 is 27.8. The number of hydrogen-bond acceptors (Lipinski definition) is 7. The average Bonchev–Trinajstić information content (AvgIpc) is 3.18. The molecule has 1 atom stereocenters. The van der Waals surface area contributed by atoms with E-state index in [2.05, 4.69) is 32.1 Å². The first-order valence-corrected chi connectivity index (χ1v) is 12.5. The predicted molar refractivity (Wildman–Crippen MR) is 119 cm³/mol. The number of anilines is 2. The highest BCUT2D eigenvalue weighted by Gasteiger charge is 2.24. The van der Waals surface area contributed by atoms with Gasteiger partial charge in [0, 0.05) is 30.7 Å². The lowest BCUT2D eigenvalue weighted by atomic mass is 9.98. The van der Waals surface area contributed by atoms with Crippen molar-refractivity contribution in [3.63, 3.8) is 0 Å². The normalized spacial score (nSPS) is 16.6. The molecule has 1 amide bonds. The second-order valence-corrected chi connectivity index (χ2v) is 11.0. The van der Waals surface area contributed by atoms with Gasteiger partial charge < -0.3 is 10.2 Å². The van der Waals surface area contributed by atoms with Crippen LogP contribution in [0.5, 0.6) is 0 Å². The van der Waals surface area contributed by atoms with Crippen LogP contribution in [0.15, 0.2) is 28.6 Å². The number of amides is 1. The zero-order valence-corrected chi connectivity index (χ0v) is 19.4. The molecule has 1 fully saturated rings. The molecule has 10 heteroatoms. The molecular formula is C20H29N5O3S2. The average molecular weight is 452 g/mol. The second kappa shape index (κ2) is 9.40. The number of piperidine rings is 1. The topological polar surface area (TPSA) is 104 Å². The Labute approximate surface area is 182 Å². The van der Waals surface area contributed by atoms with Crippen molar-refractivity contribution in [2.45, 2.75) is 50.9 Å². The van der Waals surface area contributed by atoms with Crippen molar-refractivity contribution in [1.82, 2.24) is 14.9 Å². The molecule has 0 saturated carbocycles. The minimum absolute atomic E-state index is 0.168. The Morgan fingerprint density at radius 3 is 2.37 bits per heavy atom. The van der Waals surface area contributed by atoms with Gasteiger partial charge in [-0.1, -0.05) is 44.2 Å². The molecule has 1 aliphatic rings. The number of nitrogens with one attached hydrogen (secondary N) is 2. The van der Waals surface area contributed by atoms with E-state index in [9.17, 15) is 13.2 Å². The highest BCUT2D eigenvalue weighted by Crippen LogP contribution is 2.26. The van der Waals surface area contributed by atoms with Crippen LogP contribution in [0.2, 0.25) is 0 Å². The fraction of sp³-hybridized carbons (Fsp3) is 0.550. The van der Waals surface area contributed by atoms with Crippen molar-refractivity contribution < 1.29 is 13.2 Å². The van der Waals surface area contributed by atoms with Crippen LogP contribution in [0.1, 0.15) is 52.1 Å². The maximum atomic E-state index is 12.7.